The van der Waals surface area contributed by atoms with Crippen LogP contribution in [0.1, 0.15) is 33.6 Å². The second kappa shape index (κ2) is 4.69. The lowest BCUT2D eigenvalue weighted by molar-refractivity contribution is 0.0910. The second-order valence-corrected chi connectivity index (χ2v) is 3.12. The molecule has 0 aliphatic heterocycles. The standard InChI is InChI=1S/C8H19NO/c1-4-5-6(2)8(10)7(3)9/h6-8,10H,4-5,9H2,1-3H3. The third kappa shape index (κ3) is 3.18. The maximum atomic E-state index is 9.40. The number of rotatable bonds is 4. The van der Waals surface area contributed by atoms with Crippen molar-refractivity contribution in [3.05, 3.63) is 0 Å². The second-order valence-electron chi connectivity index (χ2n) is 3.12. The van der Waals surface area contributed by atoms with Gasteiger partial charge in [-0.3, -0.25) is 0 Å². The van der Waals surface area contributed by atoms with E-state index in [1.165, 1.54) is 0 Å². The van der Waals surface area contributed by atoms with Crippen molar-refractivity contribution in [2.75, 3.05) is 0 Å². The molecule has 10 heavy (non-hydrogen) atoms. The molecule has 62 valence electrons. The highest BCUT2D eigenvalue weighted by atomic mass is 16.3. The predicted molar refractivity (Wildman–Crippen MR) is 43.7 cm³/mol. The summed E-state index contributed by atoms with van der Waals surface area (Å²) in [5.74, 6) is 0.338. The van der Waals surface area contributed by atoms with Crippen LogP contribution in [0, 0.1) is 5.92 Å². The molecule has 0 spiro atoms. The summed E-state index contributed by atoms with van der Waals surface area (Å²) >= 11 is 0. The Kier molecular flexibility index (Phi) is 4.65. The van der Waals surface area contributed by atoms with Gasteiger partial charge in [0.05, 0.1) is 6.10 Å². The van der Waals surface area contributed by atoms with Crippen LogP contribution in [0.15, 0.2) is 0 Å². The molecule has 0 saturated carbocycles. The van der Waals surface area contributed by atoms with Crippen LogP contribution in [-0.4, -0.2) is 17.3 Å². The number of hydrogen-bond donors (Lipinski definition) is 2. The van der Waals surface area contributed by atoms with E-state index >= 15 is 0 Å². The van der Waals surface area contributed by atoms with Crippen molar-refractivity contribution in [2.45, 2.75) is 45.8 Å². The molecule has 3 unspecified atom stereocenters. The van der Waals surface area contributed by atoms with Gasteiger partial charge < -0.3 is 10.8 Å². The molecule has 0 fully saturated rings. The molecule has 0 aromatic heterocycles. The Hall–Kier alpha value is -0.0800. The molecule has 0 radical (unpaired) electrons. The Bertz CT molecular complexity index is 83.3. The summed E-state index contributed by atoms with van der Waals surface area (Å²) in [5, 5.41) is 9.40. The highest BCUT2D eigenvalue weighted by Gasteiger charge is 2.16. The van der Waals surface area contributed by atoms with Crippen molar-refractivity contribution >= 4 is 0 Å². The lowest BCUT2D eigenvalue weighted by Gasteiger charge is -2.21. The molecule has 0 aromatic rings. The van der Waals surface area contributed by atoms with Crippen LogP contribution in [0.2, 0.25) is 0 Å². The highest BCUT2D eigenvalue weighted by Crippen LogP contribution is 2.11. The molecule has 3 atom stereocenters. The van der Waals surface area contributed by atoms with Gasteiger partial charge in [0.15, 0.2) is 0 Å². The molecular weight excluding hydrogens is 126 g/mol. The molecule has 0 aliphatic rings. The van der Waals surface area contributed by atoms with Crippen LogP contribution in [0.3, 0.4) is 0 Å². The minimum absolute atomic E-state index is 0.0958. The fourth-order valence-corrected chi connectivity index (χ4v) is 1.14. The molecule has 0 rings (SSSR count). The molecule has 3 N–H and O–H groups in total. The minimum Gasteiger partial charge on any atom is -0.391 e. The monoisotopic (exact) mass is 145 g/mol. The maximum Gasteiger partial charge on any atom is 0.0713 e. The number of aliphatic hydroxyl groups excluding tert-OH is 1. The van der Waals surface area contributed by atoms with Crippen molar-refractivity contribution in [2.24, 2.45) is 11.7 Å². The van der Waals surface area contributed by atoms with E-state index in [1.54, 1.807) is 0 Å². The number of hydrogen-bond acceptors (Lipinski definition) is 2. The van der Waals surface area contributed by atoms with Gasteiger partial charge in [-0.1, -0.05) is 20.3 Å². The zero-order valence-corrected chi connectivity index (χ0v) is 7.17. The van der Waals surface area contributed by atoms with E-state index in [9.17, 15) is 5.11 Å². The first-order valence-corrected chi connectivity index (χ1v) is 4.03. The van der Waals surface area contributed by atoms with Crippen LogP contribution in [0.5, 0.6) is 0 Å². The Balaban J connectivity index is 3.58. The molecular formula is C8H19NO. The summed E-state index contributed by atoms with van der Waals surface area (Å²) in [4.78, 5) is 0. The van der Waals surface area contributed by atoms with Crippen molar-refractivity contribution in [1.82, 2.24) is 0 Å². The van der Waals surface area contributed by atoms with Crippen LogP contribution < -0.4 is 5.73 Å². The maximum absolute atomic E-state index is 9.40. The third-order valence-electron chi connectivity index (χ3n) is 1.87. The van der Waals surface area contributed by atoms with Crippen molar-refractivity contribution in [1.29, 1.82) is 0 Å². The van der Waals surface area contributed by atoms with Gasteiger partial charge in [-0.25, -0.2) is 0 Å². The van der Waals surface area contributed by atoms with Gasteiger partial charge in [0.1, 0.15) is 0 Å². The van der Waals surface area contributed by atoms with Crippen molar-refractivity contribution in [3.8, 4) is 0 Å². The van der Waals surface area contributed by atoms with Crippen LogP contribution in [0.25, 0.3) is 0 Å². The largest absolute Gasteiger partial charge is 0.391 e. The lowest BCUT2D eigenvalue weighted by atomic mass is 9.95. The fraction of sp³-hybridized carbons (Fsp3) is 1.00. The van der Waals surface area contributed by atoms with Gasteiger partial charge in [-0.2, -0.15) is 0 Å². The van der Waals surface area contributed by atoms with E-state index in [4.69, 9.17) is 5.73 Å². The SMILES string of the molecule is CCCC(C)C(O)C(C)N. The average Bonchev–Trinajstić information content (AvgIpc) is 1.87. The van der Waals surface area contributed by atoms with E-state index < -0.39 is 0 Å². The van der Waals surface area contributed by atoms with E-state index in [-0.39, 0.29) is 12.1 Å². The van der Waals surface area contributed by atoms with Crippen LogP contribution >= 0.6 is 0 Å². The summed E-state index contributed by atoms with van der Waals surface area (Å²) in [6, 6.07) is -0.0958. The molecule has 0 heterocycles. The first-order chi connectivity index (χ1) is 4.59. The first kappa shape index (κ1) is 9.92. The van der Waals surface area contributed by atoms with Gasteiger partial charge in [-0.05, 0) is 19.3 Å². The quantitative estimate of drug-likeness (QED) is 0.623. The minimum atomic E-state index is -0.333. The molecule has 0 aromatic carbocycles. The molecule has 2 heteroatoms. The van der Waals surface area contributed by atoms with Crippen LogP contribution in [-0.2, 0) is 0 Å². The van der Waals surface area contributed by atoms with Gasteiger partial charge in [-0.15, -0.1) is 0 Å². The Labute approximate surface area is 63.4 Å². The zero-order chi connectivity index (χ0) is 8.15. The number of aliphatic hydroxyl groups is 1. The van der Waals surface area contributed by atoms with E-state index in [0.717, 1.165) is 12.8 Å². The van der Waals surface area contributed by atoms with Gasteiger partial charge in [0.2, 0.25) is 0 Å². The van der Waals surface area contributed by atoms with Gasteiger partial charge in [0.25, 0.3) is 0 Å². The number of nitrogens with two attached hydrogens (primary N) is 1. The summed E-state index contributed by atoms with van der Waals surface area (Å²) < 4.78 is 0. The summed E-state index contributed by atoms with van der Waals surface area (Å²) in [6.45, 7) is 6.00. The molecule has 2 nitrogen and oxygen atoms in total. The van der Waals surface area contributed by atoms with Crippen molar-refractivity contribution in [3.63, 3.8) is 0 Å². The van der Waals surface area contributed by atoms with E-state index in [2.05, 4.69) is 6.92 Å². The average molecular weight is 145 g/mol. The molecule has 0 bridgehead atoms. The zero-order valence-electron chi connectivity index (χ0n) is 7.17. The van der Waals surface area contributed by atoms with E-state index in [0.29, 0.717) is 5.92 Å². The Morgan fingerprint density at radius 1 is 1.40 bits per heavy atom. The normalized spacial score (nSPS) is 20.1. The molecule has 0 aliphatic carbocycles. The Morgan fingerprint density at radius 3 is 2.20 bits per heavy atom. The van der Waals surface area contributed by atoms with Crippen LogP contribution in [0.4, 0.5) is 0 Å². The summed E-state index contributed by atoms with van der Waals surface area (Å²) in [7, 11) is 0. The van der Waals surface area contributed by atoms with Gasteiger partial charge in [0, 0.05) is 6.04 Å². The topological polar surface area (TPSA) is 46.2 Å². The lowest BCUT2D eigenvalue weighted by Crippen LogP contribution is -2.36. The van der Waals surface area contributed by atoms with Crippen molar-refractivity contribution < 1.29 is 5.11 Å². The summed E-state index contributed by atoms with van der Waals surface area (Å²) in [6.07, 6.45) is 1.84. The smallest absolute Gasteiger partial charge is 0.0713 e. The summed E-state index contributed by atoms with van der Waals surface area (Å²) in [5.41, 5.74) is 5.52. The van der Waals surface area contributed by atoms with E-state index in [1.807, 2.05) is 13.8 Å². The van der Waals surface area contributed by atoms with Gasteiger partial charge >= 0.3 is 0 Å². The Morgan fingerprint density at radius 2 is 1.90 bits per heavy atom. The first-order valence-electron chi connectivity index (χ1n) is 4.03. The predicted octanol–water partition coefficient (Wildman–Crippen LogP) is 1.13. The molecule has 0 saturated heterocycles. The molecule has 0 amide bonds. The third-order valence-corrected chi connectivity index (χ3v) is 1.87. The highest BCUT2D eigenvalue weighted by molar-refractivity contribution is 4.71. The fourth-order valence-electron chi connectivity index (χ4n) is 1.14.